The zero-order chi connectivity index (χ0) is 14.5. The van der Waals surface area contributed by atoms with Crippen LogP contribution in [0.4, 0.5) is 0 Å². The molecule has 0 atom stereocenters. The summed E-state index contributed by atoms with van der Waals surface area (Å²) in [5.41, 5.74) is 1.06. The van der Waals surface area contributed by atoms with Crippen molar-refractivity contribution >= 4 is 10.0 Å². The van der Waals surface area contributed by atoms with Gasteiger partial charge in [-0.1, -0.05) is 44.7 Å². The van der Waals surface area contributed by atoms with Crippen LogP contribution in [0.5, 0.6) is 0 Å². The molecule has 5 heteroatoms. The lowest BCUT2D eigenvalue weighted by Gasteiger charge is -2.19. The van der Waals surface area contributed by atoms with Crippen LogP contribution in [-0.2, 0) is 15.4 Å². The minimum Gasteiger partial charge on any atom is -0.384 e. The Morgan fingerprint density at radius 3 is 2.21 bits per heavy atom. The fourth-order valence-corrected chi connectivity index (χ4v) is 2.39. The molecule has 0 aliphatic rings. The summed E-state index contributed by atoms with van der Waals surface area (Å²) in [5, 5.41) is 8.47. The van der Waals surface area contributed by atoms with Crippen molar-refractivity contribution in [2.24, 2.45) is 0 Å². The van der Waals surface area contributed by atoms with Crippen LogP contribution in [0.1, 0.15) is 26.3 Å². The Kier molecular flexibility index (Phi) is 5.12. The van der Waals surface area contributed by atoms with Gasteiger partial charge in [0.1, 0.15) is 6.61 Å². The van der Waals surface area contributed by atoms with E-state index in [1.807, 2.05) is 12.1 Å². The molecule has 19 heavy (non-hydrogen) atoms. The lowest BCUT2D eigenvalue weighted by molar-refractivity contribution is 0.350. The van der Waals surface area contributed by atoms with Crippen LogP contribution >= 0.6 is 0 Å². The van der Waals surface area contributed by atoms with Crippen LogP contribution in [0.15, 0.2) is 29.2 Å². The molecule has 0 fully saturated rings. The lowest BCUT2D eigenvalue weighted by Crippen LogP contribution is -2.24. The number of nitrogens with one attached hydrogen (secondary N) is 1. The molecule has 0 amide bonds. The van der Waals surface area contributed by atoms with E-state index in [1.165, 1.54) is 0 Å². The van der Waals surface area contributed by atoms with E-state index in [2.05, 4.69) is 37.3 Å². The predicted octanol–water partition coefficient (Wildman–Crippen LogP) is 1.26. The summed E-state index contributed by atoms with van der Waals surface area (Å²) >= 11 is 0. The number of rotatable bonds is 3. The Labute approximate surface area is 114 Å². The maximum Gasteiger partial charge on any atom is 0.241 e. The summed E-state index contributed by atoms with van der Waals surface area (Å²) < 4.78 is 26.2. The van der Waals surface area contributed by atoms with Gasteiger partial charge in [0.15, 0.2) is 0 Å². The third-order valence-electron chi connectivity index (χ3n) is 2.59. The van der Waals surface area contributed by atoms with Gasteiger partial charge < -0.3 is 5.11 Å². The molecule has 0 aliphatic carbocycles. The van der Waals surface area contributed by atoms with Crippen molar-refractivity contribution in [3.63, 3.8) is 0 Å². The SMILES string of the molecule is CC(C)(C)c1ccc(S(=O)(=O)NCC#CCO)cc1. The van der Waals surface area contributed by atoms with E-state index < -0.39 is 10.0 Å². The molecule has 1 aromatic rings. The molecule has 0 spiro atoms. The molecule has 0 saturated carbocycles. The molecule has 1 rings (SSSR count). The van der Waals surface area contributed by atoms with E-state index in [9.17, 15) is 8.42 Å². The van der Waals surface area contributed by atoms with Gasteiger partial charge in [-0.25, -0.2) is 8.42 Å². The van der Waals surface area contributed by atoms with Crippen LogP contribution in [0.3, 0.4) is 0 Å². The fourth-order valence-electron chi connectivity index (χ4n) is 1.47. The maximum atomic E-state index is 11.9. The van der Waals surface area contributed by atoms with E-state index in [-0.39, 0.29) is 23.5 Å². The van der Waals surface area contributed by atoms with Crippen molar-refractivity contribution in [3.8, 4) is 11.8 Å². The first-order valence-corrected chi connectivity index (χ1v) is 7.42. The molecular weight excluding hydrogens is 262 g/mol. The number of aliphatic hydroxyl groups excluding tert-OH is 1. The molecule has 0 saturated heterocycles. The Bertz CT molecular complexity index is 572. The molecule has 0 heterocycles. The number of benzene rings is 1. The van der Waals surface area contributed by atoms with Gasteiger partial charge in [-0.15, -0.1) is 0 Å². The topological polar surface area (TPSA) is 66.4 Å². The first-order chi connectivity index (χ1) is 8.77. The summed E-state index contributed by atoms with van der Waals surface area (Å²) in [5.74, 6) is 4.89. The highest BCUT2D eigenvalue weighted by atomic mass is 32.2. The molecule has 0 aliphatic heterocycles. The van der Waals surface area contributed by atoms with Gasteiger partial charge in [-0.05, 0) is 23.1 Å². The minimum absolute atomic E-state index is 0.0100. The van der Waals surface area contributed by atoms with Crippen LogP contribution in [-0.4, -0.2) is 26.7 Å². The Balaban J connectivity index is 2.85. The lowest BCUT2D eigenvalue weighted by atomic mass is 9.87. The van der Waals surface area contributed by atoms with E-state index in [0.717, 1.165) is 5.56 Å². The monoisotopic (exact) mass is 281 g/mol. The number of hydrogen-bond acceptors (Lipinski definition) is 3. The Morgan fingerprint density at radius 1 is 1.16 bits per heavy atom. The zero-order valence-electron chi connectivity index (χ0n) is 11.4. The number of sulfonamides is 1. The van der Waals surface area contributed by atoms with Gasteiger partial charge >= 0.3 is 0 Å². The normalized spacial score (nSPS) is 11.8. The second-order valence-corrected chi connectivity index (χ2v) is 6.88. The zero-order valence-corrected chi connectivity index (χ0v) is 12.2. The molecule has 0 unspecified atom stereocenters. The van der Waals surface area contributed by atoms with E-state index in [0.29, 0.717) is 0 Å². The van der Waals surface area contributed by atoms with Gasteiger partial charge in [0, 0.05) is 0 Å². The predicted molar refractivity (Wildman–Crippen MR) is 75.2 cm³/mol. The first-order valence-electron chi connectivity index (χ1n) is 5.94. The molecule has 104 valence electrons. The van der Waals surface area contributed by atoms with Crippen LogP contribution < -0.4 is 4.72 Å². The number of aliphatic hydroxyl groups is 1. The summed E-state index contributed by atoms with van der Waals surface area (Å²) in [4.78, 5) is 0.214. The average molecular weight is 281 g/mol. The number of hydrogen-bond donors (Lipinski definition) is 2. The van der Waals surface area contributed by atoms with Crippen molar-refractivity contribution < 1.29 is 13.5 Å². The van der Waals surface area contributed by atoms with Gasteiger partial charge in [0.25, 0.3) is 0 Å². The third kappa shape index (κ3) is 4.67. The van der Waals surface area contributed by atoms with Crippen LogP contribution in [0.2, 0.25) is 0 Å². The summed E-state index contributed by atoms with van der Waals surface area (Å²) in [6, 6.07) is 6.80. The Morgan fingerprint density at radius 2 is 1.74 bits per heavy atom. The van der Waals surface area contributed by atoms with Gasteiger partial charge in [-0.3, -0.25) is 0 Å². The molecular formula is C14H19NO3S. The van der Waals surface area contributed by atoms with Crippen molar-refractivity contribution in [2.45, 2.75) is 31.1 Å². The van der Waals surface area contributed by atoms with Gasteiger partial charge in [-0.2, -0.15) is 4.72 Å². The summed E-state index contributed by atoms with van der Waals surface area (Å²) in [7, 11) is -3.54. The van der Waals surface area contributed by atoms with E-state index >= 15 is 0 Å². The average Bonchev–Trinajstić information content (AvgIpc) is 2.34. The van der Waals surface area contributed by atoms with Crippen LogP contribution in [0.25, 0.3) is 0 Å². The molecule has 1 aromatic carbocycles. The molecule has 0 radical (unpaired) electrons. The van der Waals surface area contributed by atoms with Gasteiger partial charge in [0.2, 0.25) is 10.0 Å². The summed E-state index contributed by atoms with van der Waals surface area (Å²) in [6.45, 7) is 5.92. The highest BCUT2D eigenvalue weighted by Crippen LogP contribution is 2.23. The minimum atomic E-state index is -3.54. The third-order valence-corrected chi connectivity index (χ3v) is 4.00. The maximum absolute atomic E-state index is 11.9. The van der Waals surface area contributed by atoms with Crippen molar-refractivity contribution in [1.29, 1.82) is 0 Å². The van der Waals surface area contributed by atoms with Crippen molar-refractivity contribution in [3.05, 3.63) is 29.8 Å². The Hall–Kier alpha value is -1.35. The highest BCUT2D eigenvalue weighted by Gasteiger charge is 2.16. The van der Waals surface area contributed by atoms with E-state index in [4.69, 9.17) is 5.11 Å². The van der Waals surface area contributed by atoms with Crippen LogP contribution in [0, 0.1) is 11.8 Å². The molecule has 0 aromatic heterocycles. The fraction of sp³-hybridized carbons (Fsp3) is 0.429. The first kappa shape index (κ1) is 15.7. The second kappa shape index (κ2) is 6.20. The van der Waals surface area contributed by atoms with Crippen molar-refractivity contribution in [1.82, 2.24) is 4.72 Å². The molecule has 4 nitrogen and oxygen atoms in total. The largest absolute Gasteiger partial charge is 0.384 e. The second-order valence-electron chi connectivity index (χ2n) is 5.11. The smallest absolute Gasteiger partial charge is 0.241 e. The summed E-state index contributed by atoms with van der Waals surface area (Å²) in [6.07, 6.45) is 0. The standard InChI is InChI=1S/C14H19NO3S/c1-14(2,3)12-6-8-13(9-7-12)19(17,18)15-10-4-5-11-16/h6-9,15-16H,10-11H2,1-3H3. The highest BCUT2D eigenvalue weighted by molar-refractivity contribution is 7.89. The molecule has 2 N–H and O–H groups in total. The van der Waals surface area contributed by atoms with E-state index in [1.54, 1.807) is 12.1 Å². The molecule has 0 bridgehead atoms. The van der Waals surface area contributed by atoms with Gasteiger partial charge in [0.05, 0.1) is 11.4 Å². The van der Waals surface area contributed by atoms with Crippen molar-refractivity contribution in [2.75, 3.05) is 13.2 Å². The quantitative estimate of drug-likeness (QED) is 0.820.